The SMILES string of the molecule is COC(=O)c1cc(C=C2SC(=O)N(Cc3cc(C)cc(C)c3)C2=O)ccc1O. The van der Waals surface area contributed by atoms with Gasteiger partial charge in [0.25, 0.3) is 11.1 Å². The van der Waals surface area contributed by atoms with Gasteiger partial charge in [0, 0.05) is 0 Å². The van der Waals surface area contributed by atoms with Crippen LogP contribution in [0.25, 0.3) is 6.08 Å². The number of aromatic hydroxyl groups is 1. The quantitative estimate of drug-likeness (QED) is 0.619. The number of hydrogen-bond acceptors (Lipinski definition) is 6. The summed E-state index contributed by atoms with van der Waals surface area (Å²) in [6.45, 7) is 4.13. The molecule has 1 fully saturated rings. The van der Waals surface area contributed by atoms with Crippen LogP contribution in [0.1, 0.15) is 32.6 Å². The first-order valence-corrected chi connectivity index (χ1v) is 9.34. The predicted molar refractivity (Wildman–Crippen MR) is 107 cm³/mol. The summed E-state index contributed by atoms with van der Waals surface area (Å²) in [6, 6.07) is 10.2. The van der Waals surface area contributed by atoms with Crippen LogP contribution >= 0.6 is 11.8 Å². The lowest BCUT2D eigenvalue weighted by molar-refractivity contribution is -0.123. The summed E-state index contributed by atoms with van der Waals surface area (Å²) < 4.78 is 4.63. The van der Waals surface area contributed by atoms with Gasteiger partial charge in [0.1, 0.15) is 11.3 Å². The van der Waals surface area contributed by atoms with Crippen molar-refractivity contribution in [2.75, 3.05) is 7.11 Å². The Bertz CT molecular complexity index is 992. The van der Waals surface area contributed by atoms with Crippen molar-refractivity contribution in [2.24, 2.45) is 0 Å². The number of phenols is 1. The summed E-state index contributed by atoms with van der Waals surface area (Å²) in [5.74, 6) is -1.29. The summed E-state index contributed by atoms with van der Waals surface area (Å²) in [5.41, 5.74) is 3.52. The Morgan fingerprint density at radius 3 is 2.46 bits per heavy atom. The molecule has 0 saturated carbocycles. The molecule has 0 aromatic heterocycles. The van der Waals surface area contributed by atoms with E-state index in [-0.39, 0.29) is 33.9 Å². The largest absolute Gasteiger partial charge is 0.507 e. The maximum atomic E-state index is 12.7. The first-order chi connectivity index (χ1) is 13.3. The Hall–Kier alpha value is -3.06. The fourth-order valence-electron chi connectivity index (χ4n) is 3.05. The molecule has 7 heteroatoms. The first-order valence-electron chi connectivity index (χ1n) is 8.52. The number of imide groups is 1. The van der Waals surface area contributed by atoms with Crippen molar-refractivity contribution in [2.45, 2.75) is 20.4 Å². The number of phenolic OH excluding ortho intramolecular Hbond substituents is 1. The van der Waals surface area contributed by atoms with Crippen LogP contribution in [-0.4, -0.2) is 34.2 Å². The second kappa shape index (κ2) is 7.90. The second-order valence-electron chi connectivity index (χ2n) is 6.53. The van der Waals surface area contributed by atoms with E-state index in [1.54, 1.807) is 6.07 Å². The van der Waals surface area contributed by atoms with Crippen LogP contribution in [0.15, 0.2) is 41.3 Å². The van der Waals surface area contributed by atoms with Gasteiger partial charge in [0.2, 0.25) is 0 Å². The van der Waals surface area contributed by atoms with Gasteiger partial charge < -0.3 is 9.84 Å². The Kier molecular flexibility index (Phi) is 5.56. The molecule has 1 N–H and O–H groups in total. The Balaban J connectivity index is 1.86. The van der Waals surface area contributed by atoms with Crippen molar-refractivity contribution in [3.8, 4) is 5.75 Å². The van der Waals surface area contributed by atoms with Crippen LogP contribution in [-0.2, 0) is 16.1 Å². The van der Waals surface area contributed by atoms with Crippen molar-refractivity contribution in [1.29, 1.82) is 0 Å². The zero-order valence-electron chi connectivity index (χ0n) is 15.7. The minimum absolute atomic E-state index is 0.00860. The molecule has 0 atom stereocenters. The predicted octanol–water partition coefficient (Wildman–Crippen LogP) is 4.03. The lowest BCUT2D eigenvalue weighted by atomic mass is 10.1. The monoisotopic (exact) mass is 397 g/mol. The van der Waals surface area contributed by atoms with Crippen LogP contribution in [0.4, 0.5) is 4.79 Å². The molecule has 1 saturated heterocycles. The summed E-state index contributed by atoms with van der Waals surface area (Å²) in [7, 11) is 1.22. The topological polar surface area (TPSA) is 83.9 Å². The molecule has 0 radical (unpaired) electrons. The summed E-state index contributed by atoms with van der Waals surface area (Å²) in [6.07, 6.45) is 1.53. The molecule has 1 aliphatic rings. The highest BCUT2D eigenvalue weighted by Crippen LogP contribution is 2.34. The van der Waals surface area contributed by atoms with E-state index in [2.05, 4.69) is 4.74 Å². The van der Waals surface area contributed by atoms with Gasteiger partial charge in [0.05, 0.1) is 18.6 Å². The fraction of sp³-hybridized carbons (Fsp3) is 0.190. The third-order valence-corrected chi connectivity index (χ3v) is 5.13. The Labute approximate surface area is 166 Å². The van der Waals surface area contributed by atoms with E-state index < -0.39 is 5.97 Å². The van der Waals surface area contributed by atoms with Crippen LogP contribution in [0, 0.1) is 13.8 Å². The van der Waals surface area contributed by atoms with Gasteiger partial charge in [-0.05, 0) is 54.9 Å². The number of nitrogens with zero attached hydrogens (tertiary/aromatic N) is 1. The number of hydrogen-bond donors (Lipinski definition) is 1. The molecule has 144 valence electrons. The van der Waals surface area contributed by atoms with Gasteiger partial charge in [-0.3, -0.25) is 14.5 Å². The number of rotatable bonds is 4. The highest BCUT2D eigenvalue weighted by molar-refractivity contribution is 8.18. The van der Waals surface area contributed by atoms with E-state index >= 15 is 0 Å². The molecular formula is C21H19NO5S. The number of esters is 1. The zero-order chi connectivity index (χ0) is 20.4. The Morgan fingerprint density at radius 2 is 1.82 bits per heavy atom. The van der Waals surface area contributed by atoms with E-state index in [1.165, 1.54) is 30.2 Å². The Morgan fingerprint density at radius 1 is 1.14 bits per heavy atom. The van der Waals surface area contributed by atoms with Crippen molar-refractivity contribution in [3.05, 3.63) is 69.1 Å². The van der Waals surface area contributed by atoms with E-state index in [9.17, 15) is 19.5 Å². The summed E-state index contributed by atoms with van der Waals surface area (Å²) >= 11 is 0.848. The van der Waals surface area contributed by atoms with Crippen molar-refractivity contribution in [3.63, 3.8) is 0 Å². The summed E-state index contributed by atoms with van der Waals surface area (Å²) in [5, 5.41) is 9.44. The highest BCUT2D eigenvalue weighted by Gasteiger charge is 2.35. The van der Waals surface area contributed by atoms with E-state index in [0.717, 1.165) is 28.5 Å². The number of aryl methyl sites for hydroxylation is 2. The third kappa shape index (κ3) is 4.09. The third-order valence-electron chi connectivity index (χ3n) is 4.22. The highest BCUT2D eigenvalue weighted by atomic mass is 32.2. The number of amides is 2. The number of benzene rings is 2. The van der Waals surface area contributed by atoms with E-state index in [0.29, 0.717) is 5.56 Å². The van der Waals surface area contributed by atoms with Crippen LogP contribution in [0.5, 0.6) is 5.75 Å². The molecule has 3 rings (SSSR count). The molecule has 1 aliphatic heterocycles. The zero-order valence-corrected chi connectivity index (χ0v) is 16.5. The molecule has 2 aromatic rings. The van der Waals surface area contributed by atoms with Gasteiger partial charge in [0.15, 0.2) is 0 Å². The standard InChI is InChI=1S/C21H19NO5S/c1-12-6-13(2)8-15(7-12)11-22-19(24)18(28-21(22)26)10-14-4-5-17(23)16(9-14)20(25)27-3/h4-10,23H,11H2,1-3H3. The smallest absolute Gasteiger partial charge is 0.341 e. The molecule has 0 aliphatic carbocycles. The van der Waals surface area contributed by atoms with Crippen molar-refractivity contribution in [1.82, 2.24) is 4.90 Å². The number of thioether (sulfide) groups is 1. The average Bonchev–Trinajstić information content (AvgIpc) is 2.89. The van der Waals surface area contributed by atoms with Crippen molar-refractivity contribution < 1.29 is 24.2 Å². The molecule has 0 unspecified atom stereocenters. The van der Waals surface area contributed by atoms with Gasteiger partial charge >= 0.3 is 5.97 Å². The first kappa shape index (κ1) is 19.7. The molecule has 1 heterocycles. The molecule has 2 amide bonds. The minimum atomic E-state index is -0.685. The number of methoxy groups -OCH3 is 1. The summed E-state index contributed by atoms with van der Waals surface area (Å²) in [4.78, 5) is 38.2. The van der Waals surface area contributed by atoms with Crippen molar-refractivity contribution >= 4 is 35.0 Å². The lowest BCUT2D eigenvalue weighted by Gasteiger charge is -2.13. The van der Waals surface area contributed by atoms with Gasteiger partial charge in [-0.2, -0.15) is 0 Å². The minimum Gasteiger partial charge on any atom is -0.507 e. The molecule has 0 spiro atoms. The average molecular weight is 397 g/mol. The number of ether oxygens (including phenoxy) is 1. The molecule has 0 bridgehead atoms. The van der Waals surface area contributed by atoms with Gasteiger partial charge in [-0.25, -0.2) is 4.79 Å². The molecule has 6 nitrogen and oxygen atoms in total. The number of carbonyl (C=O) groups excluding carboxylic acids is 3. The fourth-order valence-corrected chi connectivity index (χ4v) is 3.89. The van der Waals surface area contributed by atoms with Gasteiger partial charge in [-0.1, -0.05) is 35.4 Å². The molecule has 28 heavy (non-hydrogen) atoms. The molecule has 2 aromatic carbocycles. The van der Waals surface area contributed by atoms with Crippen LogP contribution < -0.4 is 0 Å². The lowest BCUT2D eigenvalue weighted by Crippen LogP contribution is -2.27. The second-order valence-corrected chi connectivity index (χ2v) is 7.53. The normalized spacial score (nSPS) is 15.4. The maximum Gasteiger partial charge on any atom is 0.341 e. The number of carbonyl (C=O) groups is 3. The van der Waals surface area contributed by atoms with E-state index in [1.807, 2.05) is 32.0 Å². The molecular weight excluding hydrogens is 378 g/mol. The maximum absolute atomic E-state index is 12.7. The van der Waals surface area contributed by atoms with E-state index in [4.69, 9.17) is 0 Å². The van der Waals surface area contributed by atoms with Crippen LogP contribution in [0.3, 0.4) is 0 Å². The van der Waals surface area contributed by atoms with Gasteiger partial charge in [-0.15, -0.1) is 0 Å². The van der Waals surface area contributed by atoms with Crippen LogP contribution in [0.2, 0.25) is 0 Å².